The van der Waals surface area contributed by atoms with E-state index in [1.54, 1.807) is 6.33 Å². The molecule has 0 N–H and O–H groups in total. The zero-order valence-electron chi connectivity index (χ0n) is 18.9. The third kappa shape index (κ3) is 3.67. The van der Waals surface area contributed by atoms with E-state index in [4.69, 9.17) is 9.72 Å². The van der Waals surface area contributed by atoms with Crippen molar-refractivity contribution in [2.75, 3.05) is 18.1 Å². The maximum Gasteiger partial charge on any atom is 0.135 e. The van der Waals surface area contributed by atoms with E-state index in [0.29, 0.717) is 6.61 Å². The van der Waals surface area contributed by atoms with Gasteiger partial charge in [0.2, 0.25) is 0 Å². The molecule has 1 aromatic carbocycles. The van der Waals surface area contributed by atoms with E-state index in [-0.39, 0.29) is 5.41 Å². The number of pyridine rings is 1. The normalized spacial score (nSPS) is 17.4. The summed E-state index contributed by atoms with van der Waals surface area (Å²) in [7, 11) is 0. The minimum absolute atomic E-state index is 0.106. The fourth-order valence-corrected chi connectivity index (χ4v) is 4.87. The second kappa shape index (κ2) is 7.63. The summed E-state index contributed by atoms with van der Waals surface area (Å²) in [6.07, 6.45) is 7.11. The molecular weight excluding hydrogens is 384 g/mol. The fraction of sp³-hybridized carbons (Fsp3) is 0.423. The van der Waals surface area contributed by atoms with E-state index < -0.39 is 0 Å². The molecule has 0 amide bonds. The first-order valence-electron chi connectivity index (χ1n) is 11.2. The summed E-state index contributed by atoms with van der Waals surface area (Å²) in [6.45, 7) is 11.0. The molecule has 0 saturated heterocycles. The molecule has 0 saturated carbocycles. The lowest BCUT2D eigenvalue weighted by Gasteiger charge is -2.34. The Hall–Kier alpha value is -2.95. The Morgan fingerprint density at radius 3 is 2.74 bits per heavy atom. The summed E-state index contributed by atoms with van der Waals surface area (Å²) < 4.78 is 6.12. The number of hydrogen-bond donors (Lipinski definition) is 0. The summed E-state index contributed by atoms with van der Waals surface area (Å²) in [5.74, 6) is 2.04. The number of fused-ring (bicyclic) bond motifs is 2. The molecule has 0 unspecified atom stereocenters. The van der Waals surface area contributed by atoms with Crippen LogP contribution in [0.2, 0.25) is 0 Å². The van der Waals surface area contributed by atoms with E-state index in [2.05, 4.69) is 59.9 Å². The van der Waals surface area contributed by atoms with Crippen LogP contribution < -0.4 is 9.64 Å². The van der Waals surface area contributed by atoms with Crippen molar-refractivity contribution in [1.82, 2.24) is 15.0 Å². The standard InChI is InChI=1S/C26H30N4O/c1-17-12-20(14-27-18(17)2)19-7-8-23-21(13-19)15-30(10-11-31-23)25-22-6-5-9-26(3,4)24(22)28-16-29-25/h7-8,12-14,16H,5-6,9-11,15H2,1-4H3. The Morgan fingerprint density at radius 1 is 1.03 bits per heavy atom. The highest BCUT2D eigenvalue weighted by molar-refractivity contribution is 5.66. The summed E-state index contributed by atoms with van der Waals surface area (Å²) >= 11 is 0. The van der Waals surface area contributed by atoms with Crippen molar-refractivity contribution < 1.29 is 4.74 Å². The Labute approximate surface area is 184 Å². The predicted molar refractivity (Wildman–Crippen MR) is 124 cm³/mol. The third-order valence-electron chi connectivity index (χ3n) is 6.81. The van der Waals surface area contributed by atoms with Crippen LogP contribution in [-0.4, -0.2) is 28.1 Å². The van der Waals surface area contributed by atoms with Gasteiger partial charge in [0.05, 0.1) is 12.2 Å². The van der Waals surface area contributed by atoms with Crippen molar-refractivity contribution in [3.8, 4) is 16.9 Å². The van der Waals surface area contributed by atoms with E-state index in [9.17, 15) is 0 Å². The SMILES string of the molecule is Cc1cc(-c2ccc3c(c2)CN(c2ncnc4c2CCCC4(C)C)CCO3)cnc1C. The van der Waals surface area contributed by atoms with E-state index in [1.807, 2.05) is 13.1 Å². The van der Waals surface area contributed by atoms with E-state index in [0.717, 1.165) is 42.3 Å². The van der Waals surface area contributed by atoms with Gasteiger partial charge in [-0.1, -0.05) is 19.9 Å². The summed E-state index contributed by atoms with van der Waals surface area (Å²) in [4.78, 5) is 16.4. The maximum absolute atomic E-state index is 6.12. The first kappa shape index (κ1) is 20.0. The zero-order chi connectivity index (χ0) is 21.6. The molecule has 2 aromatic heterocycles. The lowest BCUT2D eigenvalue weighted by atomic mass is 9.76. The fourth-order valence-electron chi connectivity index (χ4n) is 4.87. The first-order valence-corrected chi connectivity index (χ1v) is 11.2. The van der Waals surface area contributed by atoms with Crippen LogP contribution >= 0.6 is 0 Å². The lowest BCUT2D eigenvalue weighted by molar-refractivity contribution is 0.331. The summed E-state index contributed by atoms with van der Waals surface area (Å²) in [6, 6.07) is 8.69. The van der Waals surface area contributed by atoms with Gasteiger partial charge in [-0.3, -0.25) is 4.98 Å². The van der Waals surface area contributed by atoms with Gasteiger partial charge in [-0.15, -0.1) is 0 Å². The molecule has 0 radical (unpaired) electrons. The average molecular weight is 415 g/mol. The number of hydrogen-bond acceptors (Lipinski definition) is 5. The Balaban J connectivity index is 1.52. The number of ether oxygens (including phenoxy) is 1. The Kier molecular flexibility index (Phi) is 4.92. The number of nitrogens with zero attached hydrogens (tertiary/aromatic N) is 4. The minimum atomic E-state index is 0.106. The number of aromatic nitrogens is 3. The van der Waals surface area contributed by atoms with Crippen LogP contribution in [0.1, 0.15) is 54.8 Å². The van der Waals surface area contributed by atoms with Crippen LogP contribution in [0.4, 0.5) is 5.82 Å². The van der Waals surface area contributed by atoms with Crippen molar-refractivity contribution >= 4 is 5.82 Å². The molecule has 0 spiro atoms. The second-order valence-corrected chi connectivity index (χ2v) is 9.48. The molecule has 0 bridgehead atoms. The number of anilines is 1. The van der Waals surface area contributed by atoms with Gasteiger partial charge in [0.1, 0.15) is 24.5 Å². The number of benzene rings is 1. The molecule has 0 atom stereocenters. The average Bonchev–Trinajstić information content (AvgIpc) is 2.97. The monoisotopic (exact) mass is 414 g/mol. The van der Waals surface area contributed by atoms with Gasteiger partial charge in [0, 0.05) is 40.5 Å². The van der Waals surface area contributed by atoms with Gasteiger partial charge in [-0.05, 0) is 62.4 Å². The van der Waals surface area contributed by atoms with Crippen LogP contribution in [0.3, 0.4) is 0 Å². The first-order chi connectivity index (χ1) is 14.9. The third-order valence-corrected chi connectivity index (χ3v) is 6.81. The van der Waals surface area contributed by atoms with Crippen LogP contribution in [-0.2, 0) is 18.4 Å². The van der Waals surface area contributed by atoms with Gasteiger partial charge >= 0.3 is 0 Å². The molecule has 3 aromatic rings. The van der Waals surface area contributed by atoms with Crippen molar-refractivity contribution in [2.24, 2.45) is 0 Å². The molecule has 1 aliphatic carbocycles. The Bertz CT molecular complexity index is 1140. The van der Waals surface area contributed by atoms with Crippen LogP contribution in [0, 0.1) is 13.8 Å². The van der Waals surface area contributed by atoms with Crippen molar-refractivity contribution in [1.29, 1.82) is 0 Å². The van der Waals surface area contributed by atoms with Gasteiger partial charge in [0.25, 0.3) is 0 Å². The molecule has 3 heterocycles. The van der Waals surface area contributed by atoms with Gasteiger partial charge in [-0.25, -0.2) is 9.97 Å². The largest absolute Gasteiger partial charge is 0.491 e. The molecule has 5 heteroatoms. The van der Waals surface area contributed by atoms with E-state index in [1.165, 1.54) is 40.8 Å². The topological polar surface area (TPSA) is 51.1 Å². The smallest absolute Gasteiger partial charge is 0.135 e. The molecule has 2 aliphatic rings. The molecule has 31 heavy (non-hydrogen) atoms. The number of rotatable bonds is 2. The summed E-state index contributed by atoms with van der Waals surface area (Å²) in [5, 5.41) is 0. The number of aryl methyl sites for hydroxylation is 2. The quantitative estimate of drug-likeness (QED) is 0.579. The second-order valence-electron chi connectivity index (χ2n) is 9.48. The molecule has 1 aliphatic heterocycles. The van der Waals surface area contributed by atoms with Crippen molar-refractivity contribution in [3.63, 3.8) is 0 Å². The van der Waals surface area contributed by atoms with Gasteiger partial charge in [0.15, 0.2) is 0 Å². The van der Waals surface area contributed by atoms with Gasteiger partial charge < -0.3 is 9.64 Å². The minimum Gasteiger partial charge on any atom is -0.491 e. The molecule has 0 fully saturated rings. The molecule has 5 nitrogen and oxygen atoms in total. The van der Waals surface area contributed by atoms with Crippen molar-refractivity contribution in [3.05, 3.63) is 64.9 Å². The zero-order valence-corrected chi connectivity index (χ0v) is 18.9. The van der Waals surface area contributed by atoms with Crippen LogP contribution in [0.25, 0.3) is 11.1 Å². The van der Waals surface area contributed by atoms with E-state index >= 15 is 0 Å². The Morgan fingerprint density at radius 2 is 1.90 bits per heavy atom. The molecule has 5 rings (SSSR count). The highest BCUT2D eigenvalue weighted by Gasteiger charge is 2.32. The van der Waals surface area contributed by atoms with Crippen LogP contribution in [0.15, 0.2) is 36.8 Å². The van der Waals surface area contributed by atoms with Gasteiger partial charge in [-0.2, -0.15) is 0 Å². The van der Waals surface area contributed by atoms with Crippen LogP contribution in [0.5, 0.6) is 5.75 Å². The maximum atomic E-state index is 6.12. The van der Waals surface area contributed by atoms with Crippen molar-refractivity contribution in [2.45, 2.75) is 58.9 Å². The molecular formula is C26H30N4O. The molecule has 160 valence electrons. The summed E-state index contributed by atoms with van der Waals surface area (Å²) in [5.41, 5.74) is 8.42. The highest BCUT2D eigenvalue weighted by atomic mass is 16.5. The predicted octanol–water partition coefficient (Wildman–Crippen LogP) is 5.17. The highest BCUT2D eigenvalue weighted by Crippen LogP contribution is 2.39. The lowest BCUT2D eigenvalue weighted by Crippen LogP contribution is -2.32.